The monoisotopic (exact) mass is 208 g/mol. The van der Waals surface area contributed by atoms with Crippen molar-refractivity contribution in [2.45, 2.75) is 12.8 Å². The lowest BCUT2D eigenvalue weighted by Crippen LogP contribution is -2.08. The minimum absolute atomic E-state index is 0.0311. The number of alkyl halides is 3. The largest absolute Gasteiger partial charge is 0.419 e. The van der Waals surface area contributed by atoms with Crippen LogP contribution in [0.1, 0.15) is 11.1 Å². The molecule has 1 nitrogen and oxygen atoms in total. The van der Waals surface area contributed by atoms with Crippen LogP contribution in [-0.4, -0.2) is 7.11 Å². The molecular formula is C9H8F4O. The van der Waals surface area contributed by atoms with Crippen molar-refractivity contribution >= 4 is 0 Å². The first-order chi connectivity index (χ1) is 6.45. The molecule has 0 N–H and O–H groups in total. The average Bonchev–Trinajstić information content (AvgIpc) is 2.07. The average molecular weight is 208 g/mol. The summed E-state index contributed by atoms with van der Waals surface area (Å²) in [6.07, 6.45) is -4.66. The second-order valence-corrected chi connectivity index (χ2v) is 2.74. The van der Waals surface area contributed by atoms with Crippen LogP contribution >= 0.6 is 0 Å². The van der Waals surface area contributed by atoms with Crippen LogP contribution in [0.4, 0.5) is 17.6 Å². The lowest BCUT2D eigenvalue weighted by Gasteiger charge is -2.09. The van der Waals surface area contributed by atoms with Gasteiger partial charge in [0.1, 0.15) is 5.82 Å². The van der Waals surface area contributed by atoms with Gasteiger partial charge in [-0.2, -0.15) is 13.2 Å². The van der Waals surface area contributed by atoms with Gasteiger partial charge in [-0.3, -0.25) is 0 Å². The number of halogens is 4. The molecule has 0 saturated heterocycles. The molecule has 78 valence electrons. The molecule has 0 bridgehead atoms. The minimum Gasteiger partial charge on any atom is -0.380 e. The summed E-state index contributed by atoms with van der Waals surface area (Å²) in [5.74, 6) is -1.27. The van der Waals surface area contributed by atoms with Crippen molar-refractivity contribution in [1.82, 2.24) is 0 Å². The van der Waals surface area contributed by atoms with Crippen LogP contribution in [0, 0.1) is 5.82 Å². The number of methoxy groups -OCH3 is 1. The van der Waals surface area contributed by atoms with Crippen molar-refractivity contribution < 1.29 is 22.3 Å². The zero-order valence-corrected chi connectivity index (χ0v) is 7.36. The first-order valence-electron chi connectivity index (χ1n) is 3.79. The maximum atomic E-state index is 12.7. The van der Waals surface area contributed by atoms with Gasteiger partial charge in [-0.05, 0) is 17.7 Å². The van der Waals surface area contributed by atoms with Crippen molar-refractivity contribution in [1.29, 1.82) is 0 Å². The number of benzene rings is 1. The SMILES string of the molecule is COCc1ccc(F)c(C(F)(F)F)c1. The molecule has 0 aliphatic rings. The summed E-state index contributed by atoms with van der Waals surface area (Å²) in [5.41, 5.74) is -0.965. The Balaban J connectivity index is 3.09. The van der Waals surface area contributed by atoms with Gasteiger partial charge in [-0.25, -0.2) is 4.39 Å². The molecule has 0 aliphatic carbocycles. The second-order valence-electron chi connectivity index (χ2n) is 2.74. The molecule has 0 heterocycles. The van der Waals surface area contributed by atoms with Crippen LogP contribution in [0.25, 0.3) is 0 Å². The first kappa shape index (κ1) is 11.0. The summed E-state index contributed by atoms with van der Waals surface area (Å²) in [4.78, 5) is 0. The third-order valence-corrected chi connectivity index (χ3v) is 1.65. The predicted octanol–water partition coefficient (Wildman–Crippen LogP) is 2.99. The molecule has 0 amide bonds. The van der Waals surface area contributed by atoms with Crippen molar-refractivity contribution in [3.05, 3.63) is 35.1 Å². The van der Waals surface area contributed by atoms with Crippen molar-refractivity contribution in [2.24, 2.45) is 0 Å². The minimum atomic E-state index is -4.66. The molecule has 0 fully saturated rings. The Hall–Kier alpha value is -1.10. The van der Waals surface area contributed by atoms with E-state index in [0.717, 1.165) is 12.1 Å². The van der Waals surface area contributed by atoms with E-state index in [2.05, 4.69) is 4.74 Å². The number of rotatable bonds is 2. The summed E-state index contributed by atoms with van der Waals surface area (Å²) in [7, 11) is 1.36. The number of ether oxygens (including phenoxy) is 1. The molecule has 14 heavy (non-hydrogen) atoms. The van der Waals surface area contributed by atoms with Crippen LogP contribution < -0.4 is 0 Å². The van der Waals surface area contributed by atoms with Gasteiger partial charge in [-0.1, -0.05) is 6.07 Å². The summed E-state index contributed by atoms with van der Waals surface area (Å²) in [6.45, 7) is 0.0311. The third kappa shape index (κ3) is 2.45. The summed E-state index contributed by atoms with van der Waals surface area (Å²) in [5, 5.41) is 0. The molecule has 1 rings (SSSR count). The zero-order valence-electron chi connectivity index (χ0n) is 7.36. The maximum Gasteiger partial charge on any atom is 0.419 e. The molecular weight excluding hydrogens is 200 g/mol. The Morgan fingerprint density at radius 1 is 1.29 bits per heavy atom. The Bertz CT molecular complexity index is 319. The van der Waals surface area contributed by atoms with Gasteiger partial charge in [0.05, 0.1) is 12.2 Å². The van der Waals surface area contributed by atoms with Crippen LogP contribution in [0.5, 0.6) is 0 Å². The van der Waals surface area contributed by atoms with E-state index >= 15 is 0 Å². The molecule has 0 atom stereocenters. The molecule has 0 aromatic heterocycles. The van der Waals surface area contributed by atoms with Gasteiger partial charge in [0.25, 0.3) is 0 Å². The fourth-order valence-corrected chi connectivity index (χ4v) is 1.05. The van der Waals surface area contributed by atoms with Gasteiger partial charge in [0, 0.05) is 7.11 Å². The molecule has 1 aromatic carbocycles. The highest BCUT2D eigenvalue weighted by molar-refractivity contribution is 5.26. The molecule has 0 radical (unpaired) electrons. The Labute approximate surface area is 78.3 Å². The number of hydrogen-bond acceptors (Lipinski definition) is 1. The van der Waals surface area contributed by atoms with E-state index in [1.165, 1.54) is 13.2 Å². The Morgan fingerprint density at radius 3 is 2.43 bits per heavy atom. The van der Waals surface area contributed by atoms with E-state index in [9.17, 15) is 17.6 Å². The van der Waals surface area contributed by atoms with Gasteiger partial charge < -0.3 is 4.74 Å². The van der Waals surface area contributed by atoms with Crippen molar-refractivity contribution in [2.75, 3.05) is 7.11 Å². The summed E-state index contributed by atoms with van der Waals surface area (Å²) >= 11 is 0. The summed E-state index contributed by atoms with van der Waals surface area (Å²) in [6, 6.07) is 2.80. The quantitative estimate of drug-likeness (QED) is 0.679. The highest BCUT2D eigenvalue weighted by Crippen LogP contribution is 2.31. The van der Waals surface area contributed by atoms with Crippen molar-refractivity contribution in [3.8, 4) is 0 Å². The van der Waals surface area contributed by atoms with E-state index < -0.39 is 17.6 Å². The Morgan fingerprint density at radius 2 is 1.93 bits per heavy atom. The lowest BCUT2D eigenvalue weighted by molar-refractivity contribution is -0.140. The van der Waals surface area contributed by atoms with E-state index in [1.807, 2.05) is 0 Å². The van der Waals surface area contributed by atoms with E-state index in [-0.39, 0.29) is 6.61 Å². The molecule has 0 saturated carbocycles. The van der Waals surface area contributed by atoms with Crippen LogP contribution in [-0.2, 0) is 17.5 Å². The van der Waals surface area contributed by atoms with E-state index in [1.54, 1.807) is 0 Å². The zero-order chi connectivity index (χ0) is 10.8. The molecule has 5 heteroatoms. The second kappa shape index (κ2) is 3.96. The first-order valence-corrected chi connectivity index (χ1v) is 3.79. The standard InChI is InChI=1S/C9H8F4O/c1-14-5-6-2-3-8(10)7(4-6)9(11,12)13/h2-4H,5H2,1H3. The topological polar surface area (TPSA) is 9.23 Å². The molecule has 0 spiro atoms. The van der Waals surface area contributed by atoms with Gasteiger partial charge in [-0.15, -0.1) is 0 Å². The smallest absolute Gasteiger partial charge is 0.380 e. The highest BCUT2D eigenvalue weighted by Gasteiger charge is 2.34. The van der Waals surface area contributed by atoms with Crippen LogP contribution in [0.2, 0.25) is 0 Å². The van der Waals surface area contributed by atoms with Crippen molar-refractivity contribution in [3.63, 3.8) is 0 Å². The number of hydrogen-bond donors (Lipinski definition) is 0. The lowest BCUT2D eigenvalue weighted by atomic mass is 10.1. The fourth-order valence-electron chi connectivity index (χ4n) is 1.05. The predicted molar refractivity (Wildman–Crippen MR) is 42.1 cm³/mol. The molecule has 1 aromatic rings. The highest BCUT2D eigenvalue weighted by atomic mass is 19.4. The normalized spacial score (nSPS) is 11.8. The molecule has 0 unspecified atom stereocenters. The third-order valence-electron chi connectivity index (χ3n) is 1.65. The fraction of sp³-hybridized carbons (Fsp3) is 0.333. The van der Waals surface area contributed by atoms with Crippen LogP contribution in [0.15, 0.2) is 18.2 Å². The van der Waals surface area contributed by atoms with Gasteiger partial charge in [0.15, 0.2) is 0 Å². The van der Waals surface area contributed by atoms with Gasteiger partial charge >= 0.3 is 6.18 Å². The molecule has 0 aliphatic heterocycles. The van der Waals surface area contributed by atoms with E-state index in [0.29, 0.717) is 5.56 Å². The van der Waals surface area contributed by atoms with E-state index in [4.69, 9.17) is 0 Å². The Kier molecular flexibility index (Phi) is 3.10. The maximum absolute atomic E-state index is 12.7. The van der Waals surface area contributed by atoms with Gasteiger partial charge in [0.2, 0.25) is 0 Å². The summed E-state index contributed by atoms with van der Waals surface area (Å²) < 4.78 is 54.0. The van der Waals surface area contributed by atoms with Crippen LogP contribution in [0.3, 0.4) is 0 Å².